The van der Waals surface area contributed by atoms with Crippen LogP contribution in [0.4, 0.5) is 0 Å². The first kappa shape index (κ1) is 29.4. The third kappa shape index (κ3) is 4.01. The van der Waals surface area contributed by atoms with Crippen LogP contribution in [0.5, 0.6) is 0 Å². The molecule has 0 fully saturated rings. The number of pyridine rings is 1. The van der Waals surface area contributed by atoms with Crippen LogP contribution in [0.15, 0.2) is 188 Å². The molecule has 52 heavy (non-hydrogen) atoms. The summed E-state index contributed by atoms with van der Waals surface area (Å²) in [6, 6.07) is 67.1. The van der Waals surface area contributed by atoms with Crippen molar-refractivity contribution in [1.82, 2.24) is 4.98 Å². The third-order valence-corrected chi connectivity index (χ3v) is 12.5. The molecule has 10 aromatic rings. The van der Waals surface area contributed by atoms with E-state index >= 15 is 0 Å². The van der Waals surface area contributed by atoms with E-state index in [0.29, 0.717) is 0 Å². The molecule has 2 heteroatoms. The third-order valence-electron chi connectivity index (χ3n) is 11.2. The van der Waals surface area contributed by atoms with Crippen molar-refractivity contribution < 1.29 is 0 Å². The van der Waals surface area contributed by atoms with Gasteiger partial charge in [0.15, 0.2) is 0 Å². The molecule has 0 N–H and O–H groups in total. The second-order valence-corrected chi connectivity index (χ2v) is 14.8. The number of thiophene rings is 1. The minimum Gasteiger partial charge on any atom is -0.256 e. The molecule has 8 aromatic carbocycles. The van der Waals surface area contributed by atoms with Gasteiger partial charge >= 0.3 is 0 Å². The summed E-state index contributed by atoms with van der Waals surface area (Å²) in [5.74, 6) is 0. The molecule has 1 aliphatic carbocycles. The highest BCUT2D eigenvalue weighted by molar-refractivity contribution is 7.26. The Labute approximate surface area is 306 Å². The van der Waals surface area contributed by atoms with Crippen molar-refractivity contribution in [1.29, 1.82) is 0 Å². The molecule has 0 atom stereocenters. The van der Waals surface area contributed by atoms with E-state index in [2.05, 4.69) is 182 Å². The van der Waals surface area contributed by atoms with Gasteiger partial charge in [0, 0.05) is 37.1 Å². The number of benzene rings is 8. The smallest absolute Gasteiger partial charge is 0.0784 e. The number of rotatable bonds is 4. The Morgan fingerprint density at radius 1 is 0.404 bits per heavy atom. The van der Waals surface area contributed by atoms with Crippen LogP contribution in [0.3, 0.4) is 0 Å². The SMILES string of the molecule is c1ccc(-c2cccc3c2sc2c(-c4ccc5c(c4)C(c4ccccc4)(c4ccccc4)c4c-5c5ccccc5c5ncccc45)cccc23)cc1. The molecular weight excluding hydrogens is 647 g/mol. The Kier molecular flexibility index (Phi) is 6.40. The van der Waals surface area contributed by atoms with Crippen LogP contribution < -0.4 is 0 Å². The fourth-order valence-electron chi connectivity index (χ4n) is 9.08. The van der Waals surface area contributed by atoms with Crippen LogP contribution >= 0.6 is 11.3 Å². The summed E-state index contributed by atoms with van der Waals surface area (Å²) in [6.45, 7) is 0. The molecule has 1 aliphatic rings. The van der Waals surface area contributed by atoms with Gasteiger partial charge in [-0.1, -0.05) is 170 Å². The minimum absolute atomic E-state index is 0.566. The highest BCUT2D eigenvalue weighted by Crippen LogP contribution is 2.60. The predicted molar refractivity (Wildman–Crippen MR) is 220 cm³/mol. The lowest BCUT2D eigenvalue weighted by molar-refractivity contribution is 0.776. The predicted octanol–water partition coefficient (Wildman–Crippen LogP) is 13.5. The zero-order valence-corrected chi connectivity index (χ0v) is 29.1. The molecule has 0 spiro atoms. The van der Waals surface area contributed by atoms with Gasteiger partial charge in [-0.2, -0.15) is 0 Å². The lowest BCUT2D eigenvalue weighted by Crippen LogP contribution is -2.29. The zero-order valence-electron chi connectivity index (χ0n) is 28.3. The van der Waals surface area contributed by atoms with Gasteiger partial charge in [-0.25, -0.2) is 0 Å². The van der Waals surface area contributed by atoms with E-state index in [4.69, 9.17) is 4.98 Å². The number of hydrogen-bond donors (Lipinski definition) is 0. The molecule has 1 nitrogen and oxygen atoms in total. The average molecular weight is 678 g/mol. The molecule has 242 valence electrons. The molecule has 0 saturated heterocycles. The fraction of sp³-hybridized carbons (Fsp3) is 0.0200. The van der Waals surface area contributed by atoms with Gasteiger partial charge in [-0.3, -0.25) is 4.98 Å². The first-order valence-corrected chi connectivity index (χ1v) is 18.7. The summed E-state index contributed by atoms with van der Waals surface area (Å²) < 4.78 is 2.65. The van der Waals surface area contributed by atoms with E-state index in [1.165, 1.54) is 92.0 Å². The molecule has 0 unspecified atom stereocenters. The Morgan fingerprint density at radius 2 is 0.962 bits per heavy atom. The topological polar surface area (TPSA) is 12.9 Å². The van der Waals surface area contributed by atoms with E-state index in [1.807, 2.05) is 17.5 Å². The number of aromatic nitrogens is 1. The van der Waals surface area contributed by atoms with Crippen LogP contribution in [0, 0.1) is 0 Å². The average Bonchev–Trinajstić information content (AvgIpc) is 3.76. The van der Waals surface area contributed by atoms with E-state index in [1.54, 1.807) is 0 Å². The first-order chi connectivity index (χ1) is 25.8. The second-order valence-electron chi connectivity index (χ2n) is 13.8. The molecule has 0 amide bonds. The summed E-state index contributed by atoms with van der Waals surface area (Å²) in [4.78, 5) is 5.05. The summed E-state index contributed by atoms with van der Waals surface area (Å²) >= 11 is 1.91. The Bertz CT molecular complexity index is 2960. The fourth-order valence-corrected chi connectivity index (χ4v) is 10.4. The Morgan fingerprint density at radius 3 is 1.63 bits per heavy atom. The van der Waals surface area contributed by atoms with Gasteiger partial charge < -0.3 is 0 Å². The summed E-state index contributed by atoms with van der Waals surface area (Å²) in [7, 11) is 0. The largest absolute Gasteiger partial charge is 0.256 e. The lowest BCUT2D eigenvalue weighted by Gasteiger charge is -2.35. The monoisotopic (exact) mass is 677 g/mol. The molecule has 0 bridgehead atoms. The normalized spacial score (nSPS) is 13.2. The second kappa shape index (κ2) is 11.3. The first-order valence-electron chi connectivity index (χ1n) is 17.9. The minimum atomic E-state index is -0.566. The zero-order chi connectivity index (χ0) is 34.2. The standard InChI is InChI=1S/C50H31NS/c1-4-15-32(16-5-1)36-23-12-25-40-41-26-13-24-37(49(41)52-48(36)40)33-28-29-42-44(31-33)50(34-17-6-2-7-18-34,35-19-8-3-9-20-35)46-43-27-14-30-51-47(43)39-22-11-10-21-38(39)45(42)46/h1-31H. The van der Waals surface area contributed by atoms with Gasteiger partial charge in [-0.15, -0.1) is 11.3 Å². The van der Waals surface area contributed by atoms with Gasteiger partial charge in [0.25, 0.3) is 0 Å². The van der Waals surface area contributed by atoms with E-state index in [0.717, 1.165) is 5.52 Å². The van der Waals surface area contributed by atoms with Crippen LogP contribution in [-0.4, -0.2) is 4.98 Å². The van der Waals surface area contributed by atoms with Crippen LogP contribution in [0.2, 0.25) is 0 Å². The van der Waals surface area contributed by atoms with Gasteiger partial charge in [0.2, 0.25) is 0 Å². The van der Waals surface area contributed by atoms with Gasteiger partial charge in [0.05, 0.1) is 10.9 Å². The van der Waals surface area contributed by atoms with Crippen LogP contribution in [0.1, 0.15) is 22.3 Å². The van der Waals surface area contributed by atoms with E-state index in [9.17, 15) is 0 Å². The molecule has 0 radical (unpaired) electrons. The maximum atomic E-state index is 5.05. The van der Waals surface area contributed by atoms with Gasteiger partial charge in [0.1, 0.15) is 0 Å². The van der Waals surface area contributed by atoms with E-state index < -0.39 is 5.41 Å². The van der Waals surface area contributed by atoms with Crippen molar-refractivity contribution in [3.05, 3.63) is 210 Å². The van der Waals surface area contributed by atoms with Crippen molar-refractivity contribution in [3.8, 4) is 33.4 Å². The van der Waals surface area contributed by atoms with Crippen molar-refractivity contribution in [2.24, 2.45) is 0 Å². The molecule has 0 saturated carbocycles. The maximum absolute atomic E-state index is 5.05. The van der Waals surface area contributed by atoms with Crippen LogP contribution in [0.25, 0.3) is 75.2 Å². The number of fused-ring (bicyclic) bond motifs is 11. The van der Waals surface area contributed by atoms with Crippen molar-refractivity contribution in [3.63, 3.8) is 0 Å². The molecular formula is C50H31NS. The lowest BCUT2D eigenvalue weighted by atomic mass is 9.66. The molecule has 11 rings (SSSR count). The Hall–Kier alpha value is -6.35. The highest BCUT2D eigenvalue weighted by Gasteiger charge is 2.48. The molecule has 2 heterocycles. The Balaban J connectivity index is 1.26. The van der Waals surface area contributed by atoms with Crippen LogP contribution in [-0.2, 0) is 5.41 Å². The van der Waals surface area contributed by atoms with Crippen molar-refractivity contribution in [2.45, 2.75) is 5.41 Å². The van der Waals surface area contributed by atoms with Crippen molar-refractivity contribution >= 4 is 53.2 Å². The summed E-state index contributed by atoms with van der Waals surface area (Å²) in [5.41, 5.74) is 13.2. The summed E-state index contributed by atoms with van der Waals surface area (Å²) in [5, 5.41) is 6.24. The van der Waals surface area contributed by atoms with Gasteiger partial charge in [-0.05, 0) is 73.2 Å². The van der Waals surface area contributed by atoms with E-state index in [-0.39, 0.29) is 0 Å². The van der Waals surface area contributed by atoms with Crippen molar-refractivity contribution in [2.75, 3.05) is 0 Å². The highest BCUT2D eigenvalue weighted by atomic mass is 32.1. The number of nitrogens with zero attached hydrogens (tertiary/aromatic N) is 1. The quantitative estimate of drug-likeness (QED) is 0.169. The summed E-state index contributed by atoms with van der Waals surface area (Å²) in [6.07, 6.45) is 1.93. The molecule has 2 aromatic heterocycles. The number of hydrogen-bond acceptors (Lipinski definition) is 2. The maximum Gasteiger partial charge on any atom is 0.0784 e. The molecule has 0 aliphatic heterocycles.